The van der Waals surface area contributed by atoms with Gasteiger partial charge in [-0.05, 0) is 42.7 Å². The van der Waals surface area contributed by atoms with E-state index in [4.69, 9.17) is 9.15 Å². The Bertz CT molecular complexity index is 1070. The van der Waals surface area contributed by atoms with Crippen molar-refractivity contribution in [3.63, 3.8) is 0 Å². The molecule has 0 spiro atoms. The predicted octanol–water partition coefficient (Wildman–Crippen LogP) is 5.11. The fraction of sp³-hybridized carbons (Fsp3) is 0.190. The van der Waals surface area contributed by atoms with Gasteiger partial charge >= 0.3 is 0 Å². The van der Waals surface area contributed by atoms with Crippen molar-refractivity contribution in [1.82, 2.24) is 15.2 Å². The molecule has 0 saturated heterocycles. The molecule has 0 aliphatic carbocycles. The second-order valence-electron chi connectivity index (χ2n) is 6.30. The number of para-hydroxylation sites is 1. The maximum absolute atomic E-state index is 5.82. The number of fused-ring (bicyclic) bond motifs is 1. The van der Waals surface area contributed by atoms with Gasteiger partial charge in [-0.1, -0.05) is 48.2 Å². The number of nitrogens with zero attached hydrogens (tertiary/aromatic N) is 3. The second-order valence-corrected chi connectivity index (χ2v) is 7.23. The molecule has 4 rings (SSSR count). The molecule has 2 aromatic heterocycles. The molecule has 0 fully saturated rings. The van der Waals surface area contributed by atoms with Gasteiger partial charge in [0.05, 0.1) is 5.52 Å². The maximum atomic E-state index is 5.82. The van der Waals surface area contributed by atoms with E-state index in [9.17, 15) is 0 Å². The summed E-state index contributed by atoms with van der Waals surface area (Å²) in [6, 6.07) is 16.3. The molecule has 0 unspecified atom stereocenters. The van der Waals surface area contributed by atoms with Crippen LogP contribution in [0.1, 0.15) is 22.6 Å². The van der Waals surface area contributed by atoms with Crippen molar-refractivity contribution >= 4 is 22.7 Å². The van der Waals surface area contributed by atoms with Crippen LogP contribution >= 0.6 is 11.8 Å². The SMILES string of the molecule is Cc1ccc(C)c(OCc2nnc(SCc3cccc4cccnc34)o2)c1. The van der Waals surface area contributed by atoms with Crippen LogP contribution in [0.15, 0.2) is 64.4 Å². The number of hydrogen-bond donors (Lipinski definition) is 0. The quantitative estimate of drug-likeness (QED) is 0.435. The van der Waals surface area contributed by atoms with Crippen LogP contribution in [0.25, 0.3) is 10.9 Å². The lowest BCUT2D eigenvalue weighted by Gasteiger charge is -2.07. The summed E-state index contributed by atoms with van der Waals surface area (Å²) >= 11 is 1.50. The lowest BCUT2D eigenvalue weighted by molar-refractivity contribution is 0.250. The van der Waals surface area contributed by atoms with Crippen molar-refractivity contribution in [2.45, 2.75) is 31.4 Å². The Kier molecular flexibility index (Phi) is 5.07. The third-order valence-corrected chi connectivity index (χ3v) is 5.08. The van der Waals surface area contributed by atoms with E-state index in [1.165, 1.54) is 11.8 Å². The number of aryl methyl sites for hydroxylation is 2. The van der Waals surface area contributed by atoms with Gasteiger partial charge in [0.2, 0.25) is 0 Å². The largest absolute Gasteiger partial charge is 0.484 e. The van der Waals surface area contributed by atoms with Crippen LogP contribution in [0, 0.1) is 13.8 Å². The fourth-order valence-corrected chi connectivity index (χ4v) is 3.55. The smallest absolute Gasteiger partial charge is 0.277 e. The highest BCUT2D eigenvalue weighted by molar-refractivity contribution is 7.98. The van der Waals surface area contributed by atoms with Gasteiger partial charge in [0, 0.05) is 17.3 Å². The van der Waals surface area contributed by atoms with Gasteiger partial charge in [-0.3, -0.25) is 4.98 Å². The van der Waals surface area contributed by atoms with Crippen LogP contribution in [-0.4, -0.2) is 15.2 Å². The molecule has 6 heteroatoms. The number of ether oxygens (including phenoxy) is 1. The van der Waals surface area contributed by atoms with E-state index >= 15 is 0 Å². The zero-order chi connectivity index (χ0) is 18.6. The van der Waals surface area contributed by atoms with Gasteiger partial charge < -0.3 is 9.15 Å². The monoisotopic (exact) mass is 377 g/mol. The molecule has 27 heavy (non-hydrogen) atoms. The normalized spacial score (nSPS) is 11.0. The summed E-state index contributed by atoms with van der Waals surface area (Å²) < 4.78 is 11.5. The third-order valence-electron chi connectivity index (χ3n) is 4.21. The van der Waals surface area contributed by atoms with Crippen LogP contribution in [0.3, 0.4) is 0 Å². The lowest BCUT2D eigenvalue weighted by Crippen LogP contribution is -1.97. The molecule has 0 amide bonds. The summed E-state index contributed by atoms with van der Waals surface area (Å²) in [5, 5.41) is 9.85. The van der Waals surface area contributed by atoms with Crippen molar-refractivity contribution < 1.29 is 9.15 Å². The summed E-state index contributed by atoms with van der Waals surface area (Å²) in [4.78, 5) is 4.48. The minimum atomic E-state index is 0.258. The van der Waals surface area contributed by atoms with Gasteiger partial charge in [-0.25, -0.2) is 0 Å². The molecule has 0 aliphatic heterocycles. The molecule has 5 nitrogen and oxygen atoms in total. The first kappa shape index (κ1) is 17.5. The maximum Gasteiger partial charge on any atom is 0.277 e. The minimum absolute atomic E-state index is 0.258. The molecule has 4 aromatic rings. The van der Waals surface area contributed by atoms with Gasteiger partial charge in [0.1, 0.15) is 5.75 Å². The average Bonchev–Trinajstić information content (AvgIpc) is 3.15. The molecule has 0 aliphatic rings. The lowest BCUT2D eigenvalue weighted by atomic mass is 10.1. The number of hydrogen-bond acceptors (Lipinski definition) is 6. The Morgan fingerprint density at radius 1 is 1.04 bits per heavy atom. The van der Waals surface area contributed by atoms with Crippen molar-refractivity contribution in [3.05, 3.63) is 77.3 Å². The summed E-state index contributed by atoms with van der Waals surface area (Å²) in [5.74, 6) is 2.02. The zero-order valence-corrected chi connectivity index (χ0v) is 16.0. The molecule has 0 radical (unpaired) electrons. The molecule has 2 aromatic carbocycles. The van der Waals surface area contributed by atoms with Crippen LogP contribution in [0.2, 0.25) is 0 Å². The number of aromatic nitrogens is 3. The molecule has 136 valence electrons. The van der Waals surface area contributed by atoms with Gasteiger partial charge in [-0.2, -0.15) is 0 Å². The Morgan fingerprint density at radius 2 is 1.93 bits per heavy atom. The summed E-state index contributed by atoms with van der Waals surface area (Å²) in [6.07, 6.45) is 1.81. The average molecular weight is 377 g/mol. The van der Waals surface area contributed by atoms with Crippen LogP contribution in [0.4, 0.5) is 0 Å². The third kappa shape index (κ3) is 4.11. The Balaban J connectivity index is 1.40. The van der Waals surface area contributed by atoms with E-state index in [0.29, 0.717) is 16.9 Å². The van der Waals surface area contributed by atoms with Crippen molar-refractivity contribution in [2.75, 3.05) is 0 Å². The van der Waals surface area contributed by atoms with Crippen molar-refractivity contribution in [2.24, 2.45) is 0 Å². The van der Waals surface area contributed by atoms with Gasteiger partial charge in [-0.15, -0.1) is 10.2 Å². The van der Waals surface area contributed by atoms with E-state index < -0.39 is 0 Å². The standard InChI is InChI=1S/C21H19N3O2S/c1-14-8-9-15(2)18(11-14)25-12-19-23-24-21(26-19)27-13-17-6-3-5-16-7-4-10-22-20(16)17/h3-11H,12-13H2,1-2H3. The fourth-order valence-electron chi connectivity index (χ4n) is 2.78. The van der Waals surface area contributed by atoms with E-state index in [0.717, 1.165) is 33.3 Å². The van der Waals surface area contributed by atoms with E-state index in [-0.39, 0.29) is 6.61 Å². The number of benzene rings is 2. The highest BCUT2D eigenvalue weighted by Gasteiger charge is 2.10. The Morgan fingerprint density at radius 3 is 2.85 bits per heavy atom. The molecule has 0 bridgehead atoms. The van der Waals surface area contributed by atoms with E-state index in [1.54, 1.807) is 0 Å². The number of rotatable bonds is 6. The highest BCUT2D eigenvalue weighted by atomic mass is 32.2. The molecule has 0 saturated carbocycles. The highest BCUT2D eigenvalue weighted by Crippen LogP contribution is 2.26. The summed E-state index contributed by atoms with van der Waals surface area (Å²) in [7, 11) is 0. The summed E-state index contributed by atoms with van der Waals surface area (Å²) in [5.41, 5.74) is 4.38. The Hall–Kier alpha value is -2.86. The first-order valence-electron chi connectivity index (χ1n) is 8.67. The first-order chi connectivity index (χ1) is 13.2. The minimum Gasteiger partial charge on any atom is -0.484 e. The van der Waals surface area contributed by atoms with E-state index in [2.05, 4.69) is 39.4 Å². The molecule has 0 atom stereocenters. The van der Waals surface area contributed by atoms with Gasteiger partial charge in [0.25, 0.3) is 11.1 Å². The van der Waals surface area contributed by atoms with E-state index in [1.807, 2.05) is 44.3 Å². The molecular formula is C21H19N3O2S. The first-order valence-corrected chi connectivity index (χ1v) is 9.65. The van der Waals surface area contributed by atoms with Crippen LogP contribution in [0.5, 0.6) is 5.75 Å². The van der Waals surface area contributed by atoms with Crippen LogP contribution in [-0.2, 0) is 12.4 Å². The zero-order valence-electron chi connectivity index (χ0n) is 15.2. The molecule has 0 N–H and O–H groups in total. The number of thioether (sulfide) groups is 1. The van der Waals surface area contributed by atoms with Crippen LogP contribution < -0.4 is 4.74 Å². The summed E-state index contributed by atoms with van der Waals surface area (Å²) in [6.45, 7) is 4.31. The Labute approximate surface area is 161 Å². The number of pyridine rings is 1. The second kappa shape index (κ2) is 7.80. The van der Waals surface area contributed by atoms with Gasteiger partial charge in [0.15, 0.2) is 6.61 Å². The van der Waals surface area contributed by atoms with Crippen molar-refractivity contribution in [3.8, 4) is 5.75 Å². The predicted molar refractivity (Wildman–Crippen MR) is 106 cm³/mol. The molecule has 2 heterocycles. The van der Waals surface area contributed by atoms with Crippen molar-refractivity contribution in [1.29, 1.82) is 0 Å². The molecular weight excluding hydrogens is 358 g/mol. The topological polar surface area (TPSA) is 61.0 Å².